The number of halogens is 5. The Morgan fingerprint density at radius 3 is 2.49 bits per heavy atom. The Kier molecular flexibility index (Phi) is 6.95. The van der Waals surface area contributed by atoms with E-state index in [1.807, 2.05) is 30.3 Å². The molecule has 11 heteroatoms. The molecular weight excluding hydrogens is 488 g/mol. The second kappa shape index (κ2) is 9.79. The van der Waals surface area contributed by atoms with Gasteiger partial charge in [0.05, 0.1) is 18.0 Å². The van der Waals surface area contributed by atoms with E-state index < -0.39 is 23.6 Å². The molecule has 0 radical (unpaired) electrons. The van der Waals surface area contributed by atoms with Crippen LogP contribution in [0.3, 0.4) is 0 Å². The number of aromatic nitrogens is 4. The molecule has 0 amide bonds. The van der Waals surface area contributed by atoms with E-state index >= 15 is 4.39 Å². The summed E-state index contributed by atoms with van der Waals surface area (Å²) in [7, 11) is 0. The van der Waals surface area contributed by atoms with Crippen LogP contribution in [0.25, 0.3) is 16.6 Å². The minimum absolute atomic E-state index is 0.0201. The summed E-state index contributed by atoms with van der Waals surface area (Å²) in [5.74, 6) is -2.51. The summed E-state index contributed by atoms with van der Waals surface area (Å²) < 4.78 is 63.3. The van der Waals surface area contributed by atoms with E-state index in [9.17, 15) is 18.0 Å². The largest absolute Gasteiger partial charge is 0.395 e. The summed E-state index contributed by atoms with van der Waals surface area (Å²) in [6, 6.07) is 12.6. The molecule has 0 aliphatic carbocycles. The monoisotopic (exact) mass is 508 g/mol. The first kappa shape index (κ1) is 24.9. The van der Waals surface area contributed by atoms with Crippen molar-refractivity contribution in [3.05, 3.63) is 86.9 Å². The van der Waals surface area contributed by atoms with E-state index in [1.54, 1.807) is 6.92 Å². The molecule has 0 aliphatic heterocycles. The summed E-state index contributed by atoms with van der Waals surface area (Å²) in [6.07, 6.45) is -4.56. The quantitative estimate of drug-likeness (QED) is 0.235. The van der Waals surface area contributed by atoms with Crippen molar-refractivity contribution in [3.63, 3.8) is 0 Å². The molecule has 0 aliphatic rings. The van der Waals surface area contributed by atoms with Crippen molar-refractivity contribution in [1.29, 1.82) is 0 Å². The van der Waals surface area contributed by atoms with Crippen molar-refractivity contribution >= 4 is 22.5 Å². The molecule has 0 fully saturated rings. The summed E-state index contributed by atoms with van der Waals surface area (Å²) in [5.41, 5.74) is -0.243. The third kappa shape index (κ3) is 5.08. The third-order valence-electron chi connectivity index (χ3n) is 5.66. The molecular formula is C24H21ClF4N4O2. The third-order valence-corrected chi connectivity index (χ3v) is 5.86. The minimum atomic E-state index is -4.56. The van der Waals surface area contributed by atoms with Gasteiger partial charge in [-0.05, 0) is 37.1 Å². The van der Waals surface area contributed by atoms with Crippen LogP contribution >= 0.6 is 11.6 Å². The molecule has 184 valence electrons. The van der Waals surface area contributed by atoms with Gasteiger partial charge in [-0.2, -0.15) is 17.9 Å². The van der Waals surface area contributed by atoms with E-state index in [0.29, 0.717) is 0 Å². The number of ether oxygens (including phenoxy) is 1. The molecule has 0 saturated carbocycles. The van der Waals surface area contributed by atoms with Gasteiger partial charge >= 0.3 is 11.9 Å². The number of pyridine rings is 1. The number of hydrogen-bond donors (Lipinski definition) is 0. The van der Waals surface area contributed by atoms with Gasteiger partial charge in [0.1, 0.15) is 17.4 Å². The number of hydrogen-bond acceptors (Lipinski definition) is 4. The van der Waals surface area contributed by atoms with Crippen molar-refractivity contribution in [2.75, 3.05) is 0 Å². The maximum absolute atomic E-state index is 15.1. The van der Waals surface area contributed by atoms with Crippen LogP contribution in [-0.2, 0) is 24.5 Å². The van der Waals surface area contributed by atoms with Crippen LogP contribution in [-0.4, -0.2) is 25.5 Å². The second-order valence-electron chi connectivity index (χ2n) is 7.95. The highest BCUT2D eigenvalue weighted by molar-refractivity contribution is 6.30. The molecule has 1 atom stereocenters. The zero-order valence-corrected chi connectivity index (χ0v) is 19.6. The molecule has 4 rings (SSSR count). The van der Waals surface area contributed by atoms with Crippen molar-refractivity contribution in [1.82, 2.24) is 19.3 Å². The van der Waals surface area contributed by atoms with E-state index in [1.165, 1.54) is 4.57 Å². The fourth-order valence-corrected chi connectivity index (χ4v) is 3.99. The fourth-order valence-electron chi connectivity index (χ4n) is 3.78. The average molecular weight is 509 g/mol. The first-order valence-corrected chi connectivity index (χ1v) is 11.1. The maximum Gasteiger partial charge on any atom is 0.395 e. The molecule has 0 saturated heterocycles. The highest BCUT2D eigenvalue weighted by atomic mass is 35.5. The average Bonchev–Trinajstić information content (AvgIpc) is 3.12. The van der Waals surface area contributed by atoms with Gasteiger partial charge in [-0.25, -0.2) is 14.2 Å². The van der Waals surface area contributed by atoms with E-state index in [0.717, 1.165) is 35.4 Å². The lowest BCUT2D eigenvalue weighted by atomic mass is 9.96. The smallest absolute Gasteiger partial charge is 0.369 e. The zero-order chi connectivity index (χ0) is 25.3. The lowest BCUT2D eigenvalue weighted by Gasteiger charge is -2.18. The highest BCUT2D eigenvalue weighted by Gasteiger charge is 2.38. The Labute approximate surface area is 202 Å². The van der Waals surface area contributed by atoms with Gasteiger partial charge < -0.3 is 4.74 Å². The fraction of sp³-hybridized carbons (Fsp3) is 0.292. The summed E-state index contributed by atoms with van der Waals surface area (Å²) in [5, 5.41) is 4.05. The second-order valence-corrected chi connectivity index (χ2v) is 8.34. The van der Waals surface area contributed by atoms with Gasteiger partial charge in [0.25, 0.3) is 0 Å². The van der Waals surface area contributed by atoms with Gasteiger partial charge in [-0.1, -0.05) is 41.9 Å². The Bertz CT molecular complexity index is 1420. The Balaban J connectivity index is 1.76. The predicted octanol–water partition coefficient (Wildman–Crippen LogP) is 5.78. The van der Waals surface area contributed by atoms with Gasteiger partial charge in [0, 0.05) is 18.0 Å². The first-order chi connectivity index (χ1) is 16.6. The molecule has 0 bridgehead atoms. The van der Waals surface area contributed by atoms with Crippen LogP contribution in [0.5, 0.6) is 0 Å². The van der Waals surface area contributed by atoms with Crippen molar-refractivity contribution in [2.45, 2.75) is 45.7 Å². The lowest BCUT2D eigenvalue weighted by molar-refractivity contribution is -0.146. The molecule has 0 N–H and O–H groups in total. The first-order valence-electron chi connectivity index (χ1n) is 10.8. The van der Waals surface area contributed by atoms with Crippen molar-refractivity contribution in [2.24, 2.45) is 0 Å². The summed E-state index contributed by atoms with van der Waals surface area (Å²) in [4.78, 5) is 17.0. The number of nitrogens with zero attached hydrogens (tertiary/aromatic N) is 4. The SMILES string of the molecule is CCn1c(COCc2ccccc2)nn(-c2cc3c(C(C)C(F)(F)F)cc(Cl)nc3cc2F)c1=O. The summed E-state index contributed by atoms with van der Waals surface area (Å²) in [6.45, 7) is 3.20. The van der Waals surface area contributed by atoms with Crippen molar-refractivity contribution < 1.29 is 22.3 Å². The predicted molar refractivity (Wildman–Crippen MR) is 123 cm³/mol. The Morgan fingerprint density at radius 1 is 1.11 bits per heavy atom. The highest BCUT2D eigenvalue weighted by Crippen LogP contribution is 2.39. The standard InChI is InChI=1S/C24H21ClF4N4O2/c1-3-32-22(13-35-12-15-7-5-4-6-8-15)31-33(23(32)34)20-9-17-16(14(2)24(27,28)29)10-21(25)30-19(17)11-18(20)26/h4-11,14H,3,12-13H2,1-2H3. The molecule has 6 nitrogen and oxygen atoms in total. The van der Waals surface area contributed by atoms with Crippen LogP contribution in [0, 0.1) is 5.82 Å². The normalized spacial score (nSPS) is 12.9. The molecule has 2 aromatic heterocycles. The van der Waals surface area contributed by atoms with Crippen LogP contribution in [0.1, 0.15) is 36.7 Å². The van der Waals surface area contributed by atoms with Gasteiger partial charge in [-0.15, -0.1) is 5.10 Å². The Morgan fingerprint density at radius 2 is 1.83 bits per heavy atom. The van der Waals surface area contributed by atoms with Crippen molar-refractivity contribution in [3.8, 4) is 5.69 Å². The van der Waals surface area contributed by atoms with E-state index in [-0.39, 0.29) is 52.9 Å². The van der Waals surface area contributed by atoms with Gasteiger partial charge in [0.2, 0.25) is 0 Å². The number of rotatable bonds is 7. The Hall–Kier alpha value is -3.24. The number of benzene rings is 2. The molecule has 1 unspecified atom stereocenters. The lowest BCUT2D eigenvalue weighted by Crippen LogP contribution is -2.24. The van der Waals surface area contributed by atoms with Crippen LogP contribution in [0.2, 0.25) is 5.15 Å². The zero-order valence-electron chi connectivity index (χ0n) is 18.8. The van der Waals surface area contributed by atoms with Gasteiger partial charge in [0.15, 0.2) is 11.6 Å². The van der Waals surface area contributed by atoms with Gasteiger partial charge in [-0.3, -0.25) is 4.57 Å². The number of fused-ring (bicyclic) bond motifs is 1. The molecule has 2 heterocycles. The molecule has 0 spiro atoms. The molecule has 2 aromatic carbocycles. The van der Waals surface area contributed by atoms with Crippen LogP contribution in [0.4, 0.5) is 17.6 Å². The molecule has 35 heavy (non-hydrogen) atoms. The van der Waals surface area contributed by atoms with Crippen LogP contribution < -0.4 is 5.69 Å². The van der Waals surface area contributed by atoms with E-state index in [2.05, 4.69) is 10.1 Å². The van der Waals surface area contributed by atoms with E-state index in [4.69, 9.17) is 16.3 Å². The topological polar surface area (TPSA) is 61.9 Å². The summed E-state index contributed by atoms with van der Waals surface area (Å²) >= 11 is 5.90. The van der Waals surface area contributed by atoms with Crippen LogP contribution in [0.15, 0.2) is 53.3 Å². The molecule has 4 aromatic rings. The minimum Gasteiger partial charge on any atom is -0.369 e. The maximum atomic E-state index is 15.1. The number of alkyl halides is 3.